The van der Waals surface area contributed by atoms with Gasteiger partial charge in [-0.05, 0) is 31.9 Å². The second kappa shape index (κ2) is 6.16. The van der Waals surface area contributed by atoms with Crippen molar-refractivity contribution in [2.45, 2.75) is 26.8 Å². The summed E-state index contributed by atoms with van der Waals surface area (Å²) < 4.78 is 10.6. The molecule has 0 spiro atoms. The highest BCUT2D eigenvalue weighted by Crippen LogP contribution is 2.25. The van der Waals surface area contributed by atoms with Crippen molar-refractivity contribution < 1.29 is 9.05 Å². The van der Waals surface area contributed by atoms with Crippen molar-refractivity contribution in [3.05, 3.63) is 47.4 Å². The van der Waals surface area contributed by atoms with Gasteiger partial charge in [-0.2, -0.15) is 4.98 Å². The highest BCUT2D eigenvalue weighted by Gasteiger charge is 2.29. The van der Waals surface area contributed by atoms with Gasteiger partial charge in [0.05, 0.1) is 5.69 Å². The summed E-state index contributed by atoms with van der Waals surface area (Å²) in [5.74, 6) is 2.75. The van der Waals surface area contributed by atoms with Crippen molar-refractivity contribution in [2.75, 3.05) is 13.1 Å². The Morgan fingerprint density at radius 2 is 2.08 bits per heavy atom. The molecule has 0 radical (unpaired) electrons. The Hall–Kier alpha value is -2.54. The molecule has 7 nitrogen and oxygen atoms in total. The average Bonchev–Trinajstić information content (AvgIpc) is 3.15. The first-order valence-electron chi connectivity index (χ1n) is 8.06. The van der Waals surface area contributed by atoms with Gasteiger partial charge >= 0.3 is 0 Å². The SMILES string of the molecule is Cc1noc(C)c1CN1CC(Cc2nc(-c3cccnc3)no2)C1. The Balaban J connectivity index is 1.32. The molecular weight excluding hydrogens is 306 g/mol. The summed E-state index contributed by atoms with van der Waals surface area (Å²) in [5.41, 5.74) is 3.06. The van der Waals surface area contributed by atoms with Gasteiger partial charge in [0.15, 0.2) is 0 Å². The van der Waals surface area contributed by atoms with Gasteiger partial charge in [0.1, 0.15) is 5.76 Å². The van der Waals surface area contributed by atoms with Gasteiger partial charge in [0, 0.05) is 49.6 Å². The van der Waals surface area contributed by atoms with Crippen LogP contribution in [0.2, 0.25) is 0 Å². The maximum atomic E-state index is 5.37. The molecular formula is C17H19N5O2. The zero-order valence-corrected chi connectivity index (χ0v) is 13.8. The molecule has 0 atom stereocenters. The van der Waals surface area contributed by atoms with Crippen LogP contribution in [0, 0.1) is 19.8 Å². The molecule has 4 rings (SSSR count). The van der Waals surface area contributed by atoms with Crippen molar-refractivity contribution in [1.82, 2.24) is 25.2 Å². The lowest BCUT2D eigenvalue weighted by Gasteiger charge is -2.38. The molecule has 1 saturated heterocycles. The minimum atomic E-state index is 0.549. The van der Waals surface area contributed by atoms with Crippen molar-refractivity contribution in [3.63, 3.8) is 0 Å². The quantitative estimate of drug-likeness (QED) is 0.712. The molecule has 3 aromatic heterocycles. The third-order valence-corrected chi connectivity index (χ3v) is 4.45. The molecule has 1 fully saturated rings. The van der Waals surface area contributed by atoms with Crippen LogP contribution in [0.1, 0.15) is 22.9 Å². The Morgan fingerprint density at radius 3 is 2.79 bits per heavy atom. The van der Waals surface area contributed by atoms with Gasteiger partial charge < -0.3 is 9.05 Å². The topological polar surface area (TPSA) is 81.1 Å². The first-order valence-corrected chi connectivity index (χ1v) is 8.06. The molecule has 0 aromatic carbocycles. The van der Waals surface area contributed by atoms with Crippen LogP contribution < -0.4 is 0 Å². The molecule has 3 aromatic rings. The molecule has 1 aliphatic rings. The molecule has 1 aliphatic heterocycles. The molecule has 0 bridgehead atoms. The second-order valence-corrected chi connectivity index (χ2v) is 6.32. The van der Waals surface area contributed by atoms with E-state index in [-0.39, 0.29) is 0 Å². The maximum absolute atomic E-state index is 5.37. The minimum absolute atomic E-state index is 0.549. The van der Waals surface area contributed by atoms with E-state index in [1.807, 2.05) is 26.0 Å². The fourth-order valence-electron chi connectivity index (χ4n) is 3.08. The normalized spacial score (nSPS) is 15.6. The van der Waals surface area contributed by atoms with E-state index in [4.69, 9.17) is 9.05 Å². The molecule has 0 saturated carbocycles. The molecule has 0 amide bonds. The predicted octanol–water partition coefficient (Wildman–Crippen LogP) is 2.41. The van der Waals surface area contributed by atoms with Gasteiger partial charge in [-0.15, -0.1) is 0 Å². The number of aromatic nitrogens is 4. The first-order chi connectivity index (χ1) is 11.7. The van der Waals surface area contributed by atoms with Crippen molar-refractivity contribution in [3.8, 4) is 11.4 Å². The summed E-state index contributed by atoms with van der Waals surface area (Å²) in [6.07, 6.45) is 4.28. The van der Waals surface area contributed by atoms with Gasteiger partial charge in [-0.3, -0.25) is 9.88 Å². The van der Waals surface area contributed by atoms with Gasteiger partial charge in [0.25, 0.3) is 0 Å². The Bertz CT molecular complexity index is 801. The number of likely N-dealkylation sites (tertiary alicyclic amines) is 1. The third-order valence-electron chi connectivity index (χ3n) is 4.45. The molecule has 4 heterocycles. The average molecular weight is 325 g/mol. The Morgan fingerprint density at radius 1 is 1.21 bits per heavy atom. The largest absolute Gasteiger partial charge is 0.361 e. The lowest BCUT2D eigenvalue weighted by molar-refractivity contribution is 0.0860. The second-order valence-electron chi connectivity index (χ2n) is 6.32. The van der Waals surface area contributed by atoms with E-state index in [9.17, 15) is 0 Å². The number of hydrogen-bond acceptors (Lipinski definition) is 7. The van der Waals surface area contributed by atoms with Crippen molar-refractivity contribution in [1.29, 1.82) is 0 Å². The Labute approximate surface area is 139 Å². The van der Waals surface area contributed by atoms with Crippen molar-refractivity contribution in [2.24, 2.45) is 5.92 Å². The van der Waals surface area contributed by atoms with E-state index in [1.165, 1.54) is 5.56 Å². The zero-order valence-electron chi connectivity index (χ0n) is 13.8. The molecule has 124 valence electrons. The third kappa shape index (κ3) is 2.94. The number of nitrogens with zero attached hydrogens (tertiary/aromatic N) is 5. The first kappa shape index (κ1) is 15.0. The van der Waals surface area contributed by atoms with Crippen molar-refractivity contribution >= 4 is 0 Å². The summed E-state index contributed by atoms with van der Waals surface area (Å²) in [6, 6.07) is 3.79. The minimum Gasteiger partial charge on any atom is -0.361 e. The van der Waals surface area contributed by atoms with Crippen LogP contribution in [-0.4, -0.2) is 38.3 Å². The molecule has 7 heteroatoms. The summed E-state index contributed by atoms with van der Waals surface area (Å²) in [5, 5.41) is 8.05. The van der Waals surface area contributed by atoms with E-state index in [2.05, 4.69) is 25.2 Å². The zero-order chi connectivity index (χ0) is 16.5. The van der Waals surface area contributed by atoms with Crippen LogP contribution >= 0.6 is 0 Å². The number of hydrogen-bond donors (Lipinski definition) is 0. The fourth-order valence-corrected chi connectivity index (χ4v) is 3.08. The van der Waals surface area contributed by atoms with Crippen LogP contribution in [0.5, 0.6) is 0 Å². The molecule has 0 N–H and O–H groups in total. The fraction of sp³-hybridized carbons (Fsp3) is 0.412. The summed E-state index contributed by atoms with van der Waals surface area (Å²) in [6.45, 7) is 6.89. The lowest BCUT2D eigenvalue weighted by Crippen LogP contribution is -2.47. The smallest absolute Gasteiger partial charge is 0.227 e. The van der Waals surface area contributed by atoms with E-state index < -0.39 is 0 Å². The standard InChI is InChI=1S/C17H19N5O2/c1-11-15(12(2)23-20-11)10-22-8-13(9-22)6-16-19-17(21-24-16)14-4-3-5-18-7-14/h3-5,7,13H,6,8-10H2,1-2H3. The molecule has 0 unspecified atom stereocenters. The number of pyridine rings is 1. The van der Waals surface area contributed by atoms with Gasteiger partial charge in [-0.1, -0.05) is 10.3 Å². The van der Waals surface area contributed by atoms with Crippen LogP contribution in [0.15, 0.2) is 33.6 Å². The number of rotatable bonds is 5. The van der Waals surface area contributed by atoms with E-state index >= 15 is 0 Å². The number of aryl methyl sites for hydroxylation is 2. The monoisotopic (exact) mass is 325 g/mol. The molecule has 24 heavy (non-hydrogen) atoms. The highest BCUT2D eigenvalue weighted by molar-refractivity contribution is 5.51. The van der Waals surface area contributed by atoms with Gasteiger partial charge in [0.2, 0.25) is 11.7 Å². The Kier molecular flexibility index (Phi) is 3.86. The van der Waals surface area contributed by atoms with Crippen LogP contribution in [0.3, 0.4) is 0 Å². The highest BCUT2D eigenvalue weighted by atomic mass is 16.5. The van der Waals surface area contributed by atoms with Crippen LogP contribution in [0.25, 0.3) is 11.4 Å². The maximum Gasteiger partial charge on any atom is 0.227 e. The van der Waals surface area contributed by atoms with Crippen LogP contribution in [0.4, 0.5) is 0 Å². The van der Waals surface area contributed by atoms with Gasteiger partial charge in [-0.25, -0.2) is 0 Å². The van der Waals surface area contributed by atoms with E-state index in [0.29, 0.717) is 17.6 Å². The summed E-state index contributed by atoms with van der Waals surface area (Å²) >= 11 is 0. The predicted molar refractivity (Wildman–Crippen MR) is 86.0 cm³/mol. The summed E-state index contributed by atoms with van der Waals surface area (Å²) in [7, 11) is 0. The summed E-state index contributed by atoms with van der Waals surface area (Å²) in [4.78, 5) is 10.9. The lowest BCUT2D eigenvalue weighted by atomic mass is 9.95. The van der Waals surface area contributed by atoms with E-state index in [0.717, 1.165) is 43.1 Å². The van der Waals surface area contributed by atoms with E-state index in [1.54, 1.807) is 12.4 Å². The molecule has 0 aliphatic carbocycles. The van der Waals surface area contributed by atoms with Crippen LogP contribution in [-0.2, 0) is 13.0 Å².